The molecule has 2 rings (SSSR count). The SMILES string of the molecule is CC[C@@H](C)NC(=O)[C@@H](C)N(Cc1cccc(Cl)c1)C(=O)CN(c1ccccc1Br)S(C)(=O)=O. The molecule has 0 aliphatic heterocycles. The molecule has 0 aliphatic carbocycles. The van der Waals surface area contributed by atoms with Crippen molar-refractivity contribution in [1.82, 2.24) is 10.2 Å². The molecule has 0 aliphatic rings. The van der Waals surface area contributed by atoms with Crippen molar-refractivity contribution in [2.45, 2.75) is 45.8 Å². The van der Waals surface area contributed by atoms with E-state index < -0.39 is 28.5 Å². The van der Waals surface area contributed by atoms with Crippen LogP contribution >= 0.6 is 27.5 Å². The van der Waals surface area contributed by atoms with Gasteiger partial charge in [-0.05, 0) is 66.0 Å². The van der Waals surface area contributed by atoms with E-state index in [1.807, 2.05) is 13.8 Å². The Balaban J connectivity index is 2.40. The Morgan fingerprint density at radius 2 is 1.79 bits per heavy atom. The summed E-state index contributed by atoms with van der Waals surface area (Å²) in [5, 5.41) is 3.39. The minimum Gasteiger partial charge on any atom is -0.352 e. The molecular formula is C23H29BrClN3O4S. The quantitative estimate of drug-likeness (QED) is 0.474. The largest absolute Gasteiger partial charge is 0.352 e. The normalized spacial score (nSPS) is 13.2. The molecule has 0 saturated heterocycles. The van der Waals surface area contributed by atoms with Crippen molar-refractivity contribution in [3.05, 3.63) is 63.6 Å². The van der Waals surface area contributed by atoms with Crippen LogP contribution in [-0.4, -0.2) is 50.0 Å². The van der Waals surface area contributed by atoms with Gasteiger partial charge in [-0.15, -0.1) is 0 Å². The van der Waals surface area contributed by atoms with E-state index in [-0.39, 0.29) is 18.5 Å². The average Bonchev–Trinajstić information content (AvgIpc) is 2.75. The van der Waals surface area contributed by atoms with Crippen molar-refractivity contribution in [2.24, 2.45) is 0 Å². The summed E-state index contributed by atoms with van der Waals surface area (Å²) < 4.78 is 26.7. The maximum Gasteiger partial charge on any atom is 0.244 e. The number of halogens is 2. The minimum absolute atomic E-state index is 0.0594. The fourth-order valence-electron chi connectivity index (χ4n) is 3.13. The highest BCUT2D eigenvalue weighted by molar-refractivity contribution is 9.10. The van der Waals surface area contributed by atoms with Gasteiger partial charge in [-0.1, -0.05) is 42.8 Å². The number of para-hydroxylation sites is 1. The van der Waals surface area contributed by atoms with Crippen molar-refractivity contribution in [3.63, 3.8) is 0 Å². The number of benzene rings is 2. The van der Waals surface area contributed by atoms with E-state index in [0.29, 0.717) is 15.2 Å². The van der Waals surface area contributed by atoms with E-state index >= 15 is 0 Å². The minimum atomic E-state index is -3.78. The number of nitrogens with one attached hydrogen (secondary N) is 1. The second-order valence-electron chi connectivity index (χ2n) is 7.87. The van der Waals surface area contributed by atoms with Crippen LogP contribution in [0.15, 0.2) is 53.0 Å². The highest BCUT2D eigenvalue weighted by atomic mass is 79.9. The van der Waals surface area contributed by atoms with Crippen molar-refractivity contribution >= 4 is 55.1 Å². The van der Waals surface area contributed by atoms with Gasteiger partial charge in [0, 0.05) is 22.1 Å². The molecule has 180 valence electrons. The maximum absolute atomic E-state index is 13.5. The summed E-state index contributed by atoms with van der Waals surface area (Å²) in [5.41, 5.74) is 1.07. The van der Waals surface area contributed by atoms with Gasteiger partial charge in [0.2, 0.25) is 21.8 Å². The monoisotopic (exact) mass is 557 g/mol. The lowest BCUT2D eigenvalue weighted by molar-refractivity contribution is -0.139. The van der Waals surface area contributed by atoms with Gasteiger partial charge in [0.1, 0.15) is 12.6 Å². The van der Waals surface area contributed by atoms with Crippen molar-refractivity contribution in [2.75, 3.05) is 17.1 Å². The Bertz CT molecular complexity index is 1100. The average molecular weight is 559 g/mol. The first-order chi connectivity index (χ1) is 15.4. The molecule has 0 saturated carbocycles. The standard InChI is InChI=1S/C23H29BrClN3O4S/c1-5-16(2)26-23(30)17(3)27(14-18-9-8-10-19(25)13-18)22(29)15-28(33(4,31)32)21-12-7-6-11-20(21)24/h6-13,16-17H,5,14-15H2,1-4H3,(H,26,30)/t16-,17-/m1/s1. The summed E-state index contributed by atoms with van der Waals surface area (Å²) in [6.07, 6.45) is 1.78. The van der Waals surface area contributed by atoms with Crippen LogP contribution in [0.5, 0.6) is 0 Å². The molecule has 2 amide bonds. The molecule has 0 spiro atoms. The molecule has 10 heteroatoms. The third kappa shape index (κ3) is 7.72. The summed E-state index contributed by atoms with van der Waals surface area (Å²) in [7, 11) is -3.78. The fourth-order valence-corrected chi connectivity index (χ4v) is 4.82. The zero-order chi connectivity index (χ0) is 24.8. The molecule has 0 radical (unpaired) electrons. The summed E-state index contributed by atoms with van der Waals surface area (Å²) in [6, 6.07) is 12.8. The lowest BCUT2D eigenvalue weighted by atomic mass is 10.1. The third-order valence-electron chi connectivity index (χ3n) is 5.21. The first kappa shape index (κ1) is 27.1. The van der Waals surface area contributed by atoms with Gasteiger partial charge in [0.05, 0.1) is 11.9 Å². The Hall–Kier alpha value is -2.10. The highest BCUT2D eigenvalue weighted by Crippen LogP contribution is 2.28. The van der Waals surface area contributed by atoms with Crippen molar-refractivity contribution in [1.29, 1.82) is 0 Å². The van der Waals surface area contributed by atoms with Gasteiger partial charge >= 0.3 is 0 Å². The Morgan fingerprint density at radius 3 is 2.36 bits per heavy atom. The van der Waals surface area contributed by atoms with Crippen LogP contribution in [0.2, 0.25) is 5.02 Å². The molecule has 0 heterocycles. The Labute approximate surface area is 209 Å². The molecule has 33 heavy (non-hydrogen) atoms. The van der Waals surface area contributed by atoms with E-state index in [4.69, 9.17) is 11.6 Å². The number of carbonyl (C=O) groups is 2. The number of anilines is 1. The second kappa shape index (κ2) is 11.9. The van der Waals surface area contributed by atoms with Gasteiger partial charge in [-0.2, -0.15) is 0 Å². The van der Waals surface area contributed by atoms with Crippen LogP contribution in [0.1, 0.15) is 32.8 Å². The summed E-state index contributed by atoms with van der Waals surface area (Å²) in [5.74, 6) is -0.825. The van der Waals surface area contributed by atoms with E-state index in [2.05, 4.69) is 21.2 Å². The lowest BCUT2D eigenvalue weighted by Crippen LogP contribution is -2.52. The van der Waals surface area contributed by atoms with Gasteiger partial charge in [-0.3, -0.25) is 13.9 Å². The molecular weight excluding hydrogens is 530 g/mol. The number of amides is 2. The summed E-state index contributed by atoms with van der Waals surface area (Å²) in [6.45, 7) is 5.10. The molecule has 2 aromatic rings. The highest BCUT2D eigenvalue weighted by Gasteiger charge is 2.31. The Morgan fingerprint density at radius 1 is 1.12 bits per heavy atom. The summed E-state index contributed by atoms with van der Waals surface area (Å²) >= 11 is 9.46. The molecule has 2 aromatic carbocycles. The molecule has 0 fully saturated rings. The van der Waals surface area contributed by atoms with E-state index in [1.54, 1.807) is 55.5 Å². The first-order valence-corrected chi connectivity index (χ1v) is 13.5. The van der Waals surface area contributed by atoms with E-state index in [9.17, 15) is 18.0 Å². The van der Waals surface area contributed by atoms with Crippen LogP contribution in [-0.2, 0) is 26.2 Å². The van der Waals surface area contributed by atoms with Crippen LogP contribution in [0, 0.1) is 0 Å². The van der Waals surface area contributed by atoms with E-state index in [1.165, 1.54) is 4.90 Å². The van der Waals surface area contributed by atoms with Crippen molar-refractivity contribution in [3.8, 4) is 0 Å². The smallest absolute Gasteiger partial charge is 0.244 e. The maximum atomic E-state index is 13.5. The van der Waals surface area contributed by atoms with Crippen LogP contribution < -0.4 is 9.62 Å². The van der Waals surface area contributed by atoms with Gasteiger partial charge in [0.15, 0.2) is 0 Å². The third-order valence-corrected chi connectivity index (χ3v) is 7.24. The molecule has 0 bridgehead atoms. The number of hydrogen-bond acceptors (Lipinski definition) is 4. The summed E-state index contributed by atoms with van der Waals surface area (Å²) in [4.78, 5) is 27.7. The van der Waals surface area contributed by atoms with Gasteiger partial charge < -0.3 is 10.2 Å². The predicted molar refractivity (Wildman–Crippen MR) is 136 cm³/mol. The number of sulfonamides is 1. The van der Waals surface area contributed by atoms with Gasteiger partial charge in [-0.25, -0.2) is 8.42 Å². The molecule has 0 unspecified atom stereocenters. The van der Waals surface area contributed by atoms with Crippen LogP contribution in [0.25, 0.3) is 0 Å². The number of hydrogen-bond donors (Lipinski definition) is 1. The first-order valence-electron chi connectivity index (χ1n) is 10.5. The molecule has 0 aromatic heterocycles. The zero-order valence-corrected chi connectivity index (χ0v) is 22.2. The topological polar surface area (TPSA) is 86.8 Å². The molecule has 1 N–H and O–H groups in total. The van der Waals surface area contributed by atoms with Crippen LogP contribution in [0.3, 0.4) is 0 Å². The predicted octanol–water partition coefficient (Wildman–Crippen LogP) is 4.20. The molecule has 7 nitrogen and oxygen atoms in total. The zero-order valence-electron chi connectivity index (χ0n) is 19.1. The second-order valence-corrected chi connectivity index (χ2v) is 11.1. The number of carbonyl (C=O) groups excluding carboxylic acids is 2. The van der Waals surface area contributed by atoms with Crippen molar-refractivity contribution < 1.29 is 18.0 Å². The lowest BCUT2D eigenvalue weighted by Gasteiger charge is -2.32. The number of rotatable bonds is 10. The van der Waals surface area contributed by atoms with E-state index in [0.717, 1.165) is 22.5 Å². The van der Waals surface area contributed by atoms with Gasteiger partial charge in [0.25, 0.3) is 0 Å². The fraction of sp³-hybridized carbons (Fsp3) is 0.391. The number of nitrogens with zero attached hydrogens (tertiary/aromatic N) is 2. The van der Waals surface area contributed by atoms with Crippen LogP contribution in [0.4, 0.5) is 5.69 Å². The Kier molecular flexibility index (Phi) is 9.75. The molecule has 2 atom stereocenters.